The Balaban J connectivity index is 1.73. The highest BCUT2D eigenvalue weighted by Gasteiger charge is 2.28. The number of hydrogen-bond donors (Lipinski definition) is 3. The summed E-state index contributed by atoms with van der Waals surface area (Å²) in [6.45, 7) is 2.10. The fourth-order valence-corrected chi connectivity index (χ4v) is 3.55. The van der Waals surface area contributed by atoms with E-state index >= 15 is 0 Å². The van der Waals surface area contributed by atoms with E-state index in [1.165, 1.54) is 6.92 Å². The van der Waals surface area contributed by atoms with Gasteiger partial charge in [0.15, 0.2) is 0 Å². The lowest BCUT2D eigenvalue weighted by Crippen LogP contribution is -2.34. The van der Waals surface area contributed by atoms with Gasteiger partial charge in [-0.2, -0.15) is 5.10 Å². The summed E-state index contributed by atoms with van der Waals surface area (Å²) < 4.78 is 0. The van der Waals surface area contributed by atoms with E-state index < -0.39 is 0 Å². The van der Waals surface area contributed by atoms with E-state index in [0.717, 1.165) is 22.3 Å². The van der Waals surface area contributed by atoms with Crippen LogP contribution in [0.5, 0.6) is 0 Å². The van der Waals surface area contributed by atoms with Crippen LogP contribution in [0.15, 0.2) is 48.8 Å². The van der Waals surface area contributed by atoms with Crippen LogP contribution in [0.25, 0.3) is 17.2 Å². The van der Waals surface area contributed by atoms with Crippen LogP contribution in [-0.2, 0) is 11.3 Å². The van der Waals surface area contributed by atoms with Gasteiger partial charge >= 0.3 is 0 Å². The minimum absolute atomic E-state index is 0.0992. The van der Waals surface area contributed by atoms with Gasteiger partial charge < -0.3 is 16.0 Å². The van der Waals surface area contributed by atoms with E-state index in [9.17, 15) is 9.59 Å². The molecule has 7 heteroatoms. The lowest BCUT2D eigenvalue weighted by Gasteiger charge is -2.19. The van der Waals surface area contributed by atoms with Gasteiger partial charge in [-0.15, -0.1) is 0 Å². The molecule has 142 valence electrons. The molecule has 0 bridgehead atoms. The molecule has 3 aliphatic rings. The summed E-state index contributed by atoms with van der Waals surface area (Å²) in [5.74, 6) is -0.320. The zero-order valence-corrected chi connectivity index (χ0v) is 15.5. The molecule has 0 unspecified atom stereocenters. The Morgan fingerprint density at radius 1 is 1.32 bits per heavy atom. The Bertz CT molecular complexity index is 1020. The maximum absolute atomic E-state index is 13.1. The topological polar surface area (TPSA) is 104 Å². The minimum Gasteiger partial charge on any atom is -0.344 e. The first-order valence-corrected chi connectivity index (χ1v) is 9.09. The highest BCUT2D eigenvalue weighted by atomic mass is 16.2. The van der Waals surface area contributed by atoms with Gasteiger partial charge in [0.05, 0.1) is 18.3 Å². The van der Waals surface area contributed by atoms with Crippen LogP contribution >= 0.6 is 0 Å². The maximum Gasteiger partial charge on any atom is 0.252 e. The number of hydrogen-bond acceptors (Lipinski definition) is 4. The third kappa shape index (κ3) is 3.16. The Morgan fingerprint density at radius 3 is 2.82 bits per heavy atom. The van der Waals surface area contributed by atoms with Crippen molar-refractivity contribution < 1.29 is 9.59 Å². The van der Waals surface area contributed by atoms with Crippen LogP contribution in [0, 0.1) is 0 Å². The standard InChI is InChI=1S/C21H21N5O2/c1-13(27)26-8-7-18-20-15(11-23-25-18)9-16(17(20)12-26)21(28)24-19(10-22)14-5-3-2-4-6-14/h2-9,11,19,23H,10,12,22H2,1H3,(H,24,28)/t19-/m1/s1. The molecule has 0 spiro atoms. The molecule has 0 fully saturated rings. The highest BCUT2D eigenvalue weighted by Crippen LogP contribution is 2.37. The molecule has 1 aliphatic carbocycles. The largest absolute Gasteiger partial charge is 0.344 e. The van der Waals surface area contributed by atoms with Crippen molar-refractivity contribution in [2.24, 2.45) is 5.73 Å². The van der Waals surface area contributed by atoms with Gasteiger partial charge in [-0.05, 0) is 23.3 Å². The average Bonchev–Trinajstić information content (AvgIpc) is 2.96. The predicted molar refractivity (Wildman–Crippen MR) is 106 cm³/mol. The molecule has 4 N–H and O–H groups in total. The quantitative estimate of drug-likeness (QED) is 0.651. The van der Waals surface area contributed by atoms with Crippen molar-refractivity contribution in [1.29, 1.82) is 0 Å². The van der Waals surface area contributed by atoms with E-state index in [4.69, 9.17) is 5.73 Å². The molecule has 2 aliphatic heterocycles. The Hall–Kier alpha value is -3.45. The number of H-pyrrole nitrogens is 1. The second-order valence-corrected chi connectivity index (χ2v) is 6.77. The zero-order chi connectivity index (χ0) is 19.7. The van der Waals surface area contributed by atoms with Gasteiger partial charge in [-0.3, -0.25) is 14.7 Å². The molecule has 0 aromatic heterocycles. The second-order valence-electron chi connectivity index (χ2n) is 6.77. The summed E-state index contributed by atoms with van der Waals surface area (Å²) in [5, 5.41) is 10.2. The normalized spacial score (nSPS) is 14.0. The molecule has 1 aromatic rings. The fourth-order valence-electron chi connectivity index (χ4n) is 3.55. The number of amides is 2. The molecule has 1 atom stereocenters. The summed E-state index contributed by atoms with van der Waals surface area (Å²) in [7, 11) is 0. The number of aromatic nitrogens is 2. The van der Waals surface area contributed by atoms with Crippen molar-refractivity contribution in [1.82, 2.24) is 20.4 Å². The molecule has 4 rings (SSSR count). The SMILES string of the molecule is CC(=O)N1C=Cc2n[nH]cc3cc(C(=O)N[C@H](CN)c4ccccc4)c(c2-3)C1. The van der Waals surface area contributed by atoms with E-state index in [1.807, 2.05) is 36.4 Å². The molecule has 7 nitrogen and oxygen atoms in total. The Morgan fingerprint density at radius 2 is 2.11 bits per heavy atom. The van der Waals surface area contributed by atoms with Crippen LogP contribution in [0.2, 0.25) is 0 Å². The first kappa shape index (κ1) is 17.9. The van der Waals surface area contributed by atoms with E-state index in [0.29, 0.717) is 17.8 Å². The second kappa shape index (κ2) is 7.28. The first-order valence-electron chi connectivity index (χ1n) is 9.09. The monoisotopic (exact) mass is 375 g/mol. The smallest absolute Gasteiger partial charge is 0.252 e. The number of nitrogens with two attached hydrogens (primary N) is 1. The summed E-state index contributed by atoms with van der Waals surface area (Å²) in [4.78, 5) is 26.7. The van der Waals surface area contributed by atoms with E-state index in [-0.39, 0.29) is 24.4 Å². The van der Waals surface area contributed by atoms with Gasteiger partial charge in [0, 0.05) is 42.6 Å². The number of nitrogens with one attached hydrogen (secondary N) is 2. The molecule has 2 amide bonds. The zero-order valence-electron chi connectivity index (χ0n) is 15.5. The number of carbonyl (C=O) groups is 2. The number of benzene rings is 1. The lowest BCUT2D eigenvalue weighted by molar-refractivity contribution is -0.126. The van der Waals surface area contributed by atoms with Crippen LogP contribution in [-0.4, -0.2) is 33.5 Å². The van der Waals surface area contributed by atoms with Gasteiger partial charge in [0.2, 0.25) is 5.91 Å². The van der Waals surface area contributed by atoms with Crippen molar-refractivity contribution in [2.75, 3.05) is 6.54 Å². The van der Waals surface area contributed by atoms with E-state index in [1.54, 1.807) is 23.4 Å². The molecule has 1 aromatic carbocycles. The maximum atomic E-state index is 13.1. The average molecular weight is 375 g/mol. The van der Waals surface area contributed by atoms with Crippen LogP contribution in [0.3, 0.4) is 0 Å². The minimum atomic E-state index is -0.295. The highest BCUT2D eigenvalue weighted by molar-refractivity contribution is 6.02. The lowest BCUT2D eigenvalue weighted by atomic mass is 10.0. The fraction of sp³-hybridized carbons (Fsp3) is 0.190. The van der Waals surface area contributed by atoms with Gasteiger partial charge in [0.25, 0.3) is 5.91 Å². The number of carbonyl (C=O) groups excluding carboxylic acids is 2. The molecule has 0 saturated heterocycles. The van der Waals surface area contributed by atoms with Crippen molar-refractivity contribution >= 4 is 17.9 Å². The van der Waals surface area contributed by atoms with Crippen LogP contribution in [0.4, 0.5) is 0 Å². The number of rotatable bonds is 4. The van der Waals surface area contributed by atoms with Crippen molar-refractivity contribution in [3.8, 4) is 11.1 Å². The van der Waals surface area contributed by atoms with Crippen LogP contribution < -0.4 is 11.1 Å². The van der Waals surface area contributed by atoms with Crippen LogP contribution in [0.1, 0.15) is 40.1 Å². The summed E-state index contributed by atoms with van der Waals surface area (Å²) >= 11 is 0. The van der Waals surface area contributed by atoms with Crippen molar-refractivity contribution in [2.45, 2.75) is 19.5 Å². The van der Waals surface area contributed by atoms with E-state index in [2.05, 4.69) is 15.5 Å². The summed E-state index contributed by atoms with van der Waals surface area (Å²) in [5.41, 5.74) is 10.6. The van der Waals surface area contributed by atoms with Crippen molar-refractivity contribution in [3.63, 3.8) is 0 Å². The third-order valence-electron chi connectivity index (χ3n) is 5.01. The molecule has 2 heterocycles. The summed E-state index contributed by atoms with van der Waals surface area (Å²) in [6, 6.07) is 11.2. The molecular formula is C21H21N5O2. The number of aromatic amines is 1. The number of nitrogens with zero attached hydrogens (tertiary/aromatic N) is 2. The molecule has 0 radical (unpaired) electrons. The molecule has 28 heavy (non-hydrogen) atoms. The molecular weight excluding hydrogens is 354 g/mol. The van der Waals surface area contributed by atoms with Crippen molar-refractivity contribution in [3.05, 3.63) is 71.2 Å². The Kier molecular flexibility index (Phi) is 4.67. The summed E-state index contributed by atoms with van der Waals surface area (Å²) in [6.07, 6.45) is 5.24. The third-order valence-corrected chi connectivity index (χ3v) is 5.01. The van der Waals surface area contributed by atoms with Gasteiger partial charge in [0.1, 0.15) is 0 Å². The molecule has 0 saturated carbocycles. The van der Waals surface area contributed by atoms with Gasteiger partial charge in [-0.1, -0.05) is 30.3 Å². The first-order chi connectivity index (χ1) is 13.6. The Labute approximate surface area is 162 Å². The van der Waals surface area contributed by atoms with Gasteiger partial charge in [-0.25, -0.2) is 0 Å². The predicted octanol–water partition coefficient (Wildman–Crippen LogP) is 2.28.